The molecule has 0 radical (unpaired) electrons. The Morgan fingerprint density at radius 2 is 1.90 bits per heavy atom. The van der Waals surface area contributed by atoms with Gasteiger partial charge in [0.25, 0.3) is 5.56 Å². The van der Waals surface area contributed by atoms with Crippen molar-refractivity contribution in [1.82, 2.24) is 14.5 Å². The minimum absolute atomic E-state index is 0.0559. The highest BCUT2D eigenvalue weighted by Gasteiger charge is 2.22. The highest BCUT2D eigenvalue weighted by Crippen LogP contribution is 2.30. The average molecular weight is 400 g/mol. The summed E-state index contributed by atoms with van der Waals surface area (Å²) < 4.78 is 21.0. The smallest absolute Gasteiger partial charge is 0.278 e. The molecule has 0 bridgehead atoms. The van der Waals surface area contributed by atoms with E-state index in [9.17, 15) is 9.18 Å². The highest BCUT2D eigenvalue weighted by atomic mass is 19.1. The number of benzene rings is 2. The number of halogens is 1. The van der Waals surface area contributed by atoms with E-state index in [1.54, 1.807) is 30.7 Å². The van der Waals surface area contributed by atoms with E-state index in [4.69, 9.17) is 10.2 Å². The van der Waals surface area contributed by atoms with Crippen LogP contribution in [-0.2, 0) is 6.42 Å². The van der Waals surface area contributed by atoms with Gasteiger partial charge in [0.05, 0.1) is 29.8 Å². The Morgan fingerprint density at radius 1 is 1.07 bits per heavy atom. The van der Waals surface area contributed by atoms with Crippen LogP contribution in [0.1, 0.15) is 11.5 Å². The second-order valence-electron chi connectivity index (χ2n) is 6.96. The molecule has 3 heterocycles. The number of hydrogen-bond acceptors (Lipinski definition) is 4. The lowest BCUT2D eigenvalue weighted by molar-refractivity contribution is 0.519. The van der Waals surface area contributed by atoms with Crippen molar-refractivity contribution in [2.24, 2.45) is 0 Å². The van der Waals surface area contributed by atoms with Gasteiger partial charge in [-0.25, -0.2) is 9.37 Å². The van der Waals surface area contributed by atoms with E-state index in [1.165, 1.54) is 16.7 Å². The maximum atomic E-state index is 14.2. The number of fused-ring (bicyclic) bond motifs is 1. The Bertz CT molecular complexity index is 1350. The predicted octanol–water partition coefficient (Wildman–Crippen LogP) is 4.24. The van der Waals surface area contributed by atoms with Crippen LogP contribution >= 0.6 is 0 Å². The van der Waals surface area contributed by atoms with E-state index in [2.05, 4.69) is 9.97 Å². The molecule has 148 valence electrons. The number of rotatable bonds is 4. The first-order valence-corrected chi connectivity index (χ1v) is 9.37. The Morgan fingerprint density at radius 3 is 2.63 bits per heavy atom. The summed E-state index contributed by atoms with van der Waals surface area (Å²) in [5.74, 6) is 0.516. The number of hydrogen-bond donors (Lipinski definition) is 2. The number of nitrogen functional groups attached to an aromatic ring is 1. The number of aromatic amines is 1. The quantitative estimate of drug-likeness (QED) is 0.442. The van der Waals surface area contributed by atoms with Gasteiger partial charge >= 0.3 is 0 Å². The molecule has 30 heavy (non-hydrogen) atoms. The Kier molecular flexibility index (Phi) is 4.21. The predicted molar refractivity (Wildman–Crippen MR) is 112 cm³/mol. The molecule has 3 N–H and O–H groups in total. The van der Waals surface area contributed by atoms with Crippen LogP contribution in [-0.4, -0.2) is 14.5 Å². The largest absolute Gasteiger partial charge is 0.469 e. The van der Waals surface area contributed by atoms with Gasteiger partial charge in [-0.2, -0.15) is 0 Å². The molecule has 0 spiro atoms. The molecule has 2 aromatic carbocycles. The summed E-state index contributed by atoms with van der Waals surface area (Å²) in [5.41, 5.74) is 8.45. The van der Waals surface area contributed by atoms with Gasteiger partial charge in [-0.3, -0.25) is 9.36 Å². The molecule has 0 saturated heterocycles. The molecule has 1 aromatic heterocycles. The van der Waals surface area contributed by atoms with Crippen LogP contribution in [0.15, 0.2) is 82.3 Å². The topological polar surface area (TPSA) is 89.8 Å². The van der Waals surface area contributed by atoms with Crippen molar-refractivity contribution in [2.75, 3.05) is 5.73 Å². The molecule has 0 unspecified atom stereocenters. The van der Waals surface area contributed by atoms with Crippen LogP contribution in [0.25, 0.3) is 28.3 Å². The minimum atomic E-state index is -0.533. The fraction of sp³-hybridized carbons (Fsp3) is 0.0435. The van der Waals surface area contributed by atoms with E-state index in [1.807, 2.05) is 30.3 Å². The van der Waals surface area contributed by atoms with Gasteiger partial charge in [0.15, 0.2) is 5.82 Å². The number of imidazole rings is 1. The summed E-state index contributed by atoms with van der Waals surface area (Å²) >= 11 is 0. The summed E-state index contributed by atoms with van der Waals surface area (Å²) in [6, 6.07) is 17.7. The van der Waals surface area contributed by atoms with Gasteiger partial charge in [0.2, 0.25) is 0 Å². The Balaban J connectivity index is 1.75. The number of anilines is 1. The Hall–Kier alpha value is -4.13. The zero-order valence-electron chi connectivity index (χ0n) is 15.8. The lowest BCUT2D eigenvalue weighted by atomic mass is 10.1. The summed E-state index contributed by atoms with van der Waals surface area (Å²) in [6.45, 7) is 0. The highest BCUT2D eigenvalue weighted by molar-refractivity contribution is 5.73. The minimum Gasteiger partial charge on any atom is -0.469 e. The van der Waals surface area contributed by atoms with Crippen LogP contribution in [0.4, 0.5) is 10.1 Å². The van der Waals surface area contributed by atoms with E-state index in [0.717, 1.165) is 5.56 Å². The first kappa shape index (κ1) is 17.9. The van der Waals surface area contributed by atoms with Crippen LogP contribution in [0.3, 0.4) is 0 Å². The summed E-state index contributed by atoms with van der Waals surface area (Å²) in [6.07, 6.45) is 3.53. The third-order valence-electron chi connectivity index (χ3n) is 4.97. The van der Waals surface area contributed by atoms with Crippen molar-refractivity contribution in [3.63, 3.8) is 0 Å². The molecular weight excluding hydrogens is 383 g/mol. The van der Waals surface area contributed by atoms with E-state index in [0.29, 0.717) is 34.2 Å². The summed E-state index contributed by atoms with van der Waals surface area (Å²) in [7, 11) is 0. The third kappa shape index (κ3) is 3.06. The fourth-order valence-electron chi connectivity index (χ4n) is 3.45. The number of nitrogens with zero attached hydrogens (tertiary/aromatic N) is 2. The maximum Gasteiger partial charge on any atom is 0.278 e. The molecule has 2 aliphatic rings. The van der Waals surface area contributed by atoms with Crippen molar-refractivity contribution in [1.29, 1.82) is 0 Å². The van der Waals surface area contributed by atoms with Crippen LogP contribution in [0, 0.1) is 5.82 Å². The molecule has 0 amide bonds. The second kappa shape index (κ2) is 7.04. The molecular formula is C23H17FN4O2. The second-order valence-corrected chi connectivity index (χ2v) is 6.96. The van der Waals surface area contributed by atoms with Crippen molar-refractivity contribution in [2.45, 2.75) is 6.42 Å². The van der Waals surface area contributed by atoms with E-state index < -0.39 is 5.82 Å². The van der Waals surface area contributed by atoms with Gasteiger partial charge in [-0.1, -0.05) is 36.4 Å². The standard InChI is InChI=1S/C23H17FN4O2/c24-17-11-15(8-9-18(17)25)21-22-27-19(12-16-7-4-10-30-16)23(29)28(22)13-20(26-21)14-5-2-1-3-6-14/h1-11,13,26H,12,25H2. The lowest BCUT2D eigenvalue weighted by Gasteiger charge is -2.13. The van der Waals surface area contributed by atoms with Gasteiger partial charge < -0.3 is 15.1 Å². The van der Waals surface area contributed by atoms with Gasteiger partial charge in [-0.05, 0) is 29.8 Å². The molecule has 6 nitrogen and oxygen atoms in total. The normalized spacial score (nSPS) is 11.2. The molecule has 3 aromatic rings. The van der Waals surface area contributed by atoms with Crippen LogP contribution in [0.2, 0.25) is 0 Å². The molecule has 7 heteroatoms. The SMILES string of the molecule is Nc1ccc(-c2[nH]c(-c3ccccc3)cn3c(=O)c(Cc4ccco4)nc2-3)cc1F. The molecule has 2 aliphatic heterocycles. The molecule has 0 aliphatic carbocycles. The first-order valence-electron chi connectivity index (χ1n) is 9.37. The summed E-state index contributed by atoms with van der Waals surface area (Å²) in [4.78, 5) is 21.0. The van der Waals surface area contributed by atoms with Crippen molar-refractivity contribution in [3.8, 4) is 28.3 Å². The zero-order valence-corrected chi connectivity index (χ0v) is 15.8. The number of aromatic nitrogens is 3. The monoisotopic (exact) mass is 400 g/mol. The Labute approximate surface area is 170 Å². The van der Waals surface area contributed by atoms with Crippen molar-refractivity contribution >= 4 is 5.69 Å². The molecule has 0 atom stereocenters. The van der Waals surface area contributed by atoms with Gasteiger partial charge in [0.1, 0.15) is 17.3 Å². The van der Waals surface area contributed by atoms with E-state index in [-0.39, 0.29) is 17.7 Å². The summed E-state index contributed by atoms with van der Waals surface area (Å²) in [5, 5.41) is 0. The lowest BCUT2D eigenvalue weighted by Crippen LogP contribution is -2.16. The third-order valence-corrected chi connectivity index (χ3v) is 4.97. The van der Waals surface area contributed by atoms with E-state index >= 15 is 0 Å². The maximum absolute atomic E-state index is 14.2. The van der Waals surface area contributed by atoms with Crippen LogP contribution < -0.4 is 11.3 Å². The van der Waals surface area contributed by atoms with Gasteiger partial charge in [0, 0.05) is 11.8 Å². The van der Waals surface area contributed by atoms with Crippen LogP contribution in [0.5, 0.6) is 0 Å². The molecule has 5 rings (SSSR count). The fourth-order valence-corrected chi connectivity index (χ4v) is 3.45. The van der Waals surface area contributed by atoms with Crippen molar-refractivity contribution < 1.29 is 8.81 Å². The molecule has 0 fully saturated rings. The number of H-pyrrole nitrogens is 1. The molecule has 0 saturated carbocycles. The number of furan rings is 1. The first-order chi connectivity index (χ1) is 14.6. The zero-order chi connectivity index (χ0) is 20.7. The number of nitrogens with two attached hydrogens (primary N) is 1. The number of nitrogens with one attached hydrogen (secondary N) is 1. The van der Waals surface area contributed by atoms with Crippen molar-refractivity contribution in [3.05, 3.63) is 101 Å². The van der Waals surface area contributed by atoms with Gasteiger partial charge in [-0.15, -0.1) is 0 Å². The average Bonchev–Trinajstić information content (AvgIpc) is 3.39.